The van der Waals surface area contributed by atoms with Crippen molar-refractivity contribution >= 4 is 22.5 Å². The molecule has 0 aliphatic rings. The van der Waals surface area contributed by atoms with Gasteiger partial charge in [0, 0.05) is 23.7 Å². The number of fused-ring (bicyclic) bond motifs is 1. The van der Waals surface area contributed by atoms with Gasteiger partial charge in [-0.25, -0.2) is 0 Å². The number of hydrogen-bond donors (Lipinski definition) is 3. The molecular formula is C15H11N3O3. The summed E-state index contributed by atoms with van der Waals surface area (Å²) >= 11 is 0. The average Bonchev–Trinajstić information content (AvgIpc) is 2.46. The number of rotatable bonds is 2. The summed E-state index contributed by atoms with van der Waals surface area (Å²) in [6.45, 7) is 0. The van der Waals surface area contributed by atoms with E-state index < -0.39 is 11.5 Å². The fourth-order valence-corrected chi connectivity index (χ4v) is 2.06. The standard InChI is InChI=1S/C15H11N3O3/c19-12-7-10(8-13(20)18-12)15(21)17-11-5-1-3-9-4-2-6-16-14(9)11/h1-8H,(H,17,21)(H2,18,19,20). The molecule has 21 heavy (non-hydrogen) atoms. The van der Waals surface area contributed by atoms with Gasteiger partial charge in [-0.1, -0.05) is 18.2 Å². The van der Waals surface area contributed by atoms with E-state index in [2.05, 4.69) is 15.3 Å². The molecular weight excluding hydrogens is 270 g/mol. The van der Waals surface area contributed by atoms with Crippen molar-refractivity contribution in [3.05, 3.63) is 64.6 Å². The number of benzene rings is 1. The molecule has 0 aliphatic heterocycles. The van der Waals surface area contributed by atoms with E-state index in [0.29, 0.717) is 11.2 Å². The quantitative estimate of drug-likeness (QED) is 0.668. The van der Waals surface area contributed by atoms with Crippen LogP contribution in [0.2, 0.25) is 0 Å². The molecule has 6 nitrogen and oxygen atoms in total. The molecule has 0 spiro atoms. The summed E-state index contributed by atoms with van der Waals surface area (Å²) < 4.78 is 0. The fourth-order valence-electron chi connectivity index (χ4n) is 2.06. The molecule has 0 saturated carbocycles. The fraction of sp³-hybridized carbons (Fsp3) is 0. The Morgan fingerprint density at radius 2 is 2.00 bits per heavy atom. The number of pyridine rings is 2. The summed E-state index contributed by atoms with van der Waals surface area (Å²) in [7, 11) is 0. The molecule has 1 aromatic carbocycles. The Bertz CT molecular complexity index is 881. The smallest absolute Gasteiger partial charge is 0.256 e. The van der Waals surface area contributed by atoms with E-state index in [0.717, 1.165) is 11.5 Å². The van der Waals surface area contributed by atoms with Crippen LogP contribution in [0, 0.1) is 0 Å². The monoisotopic (exact) mass is 281 g/mol. The van der Waals surface area contributed by atoms with Crippen molar-refractivity contribution in [1.29, 1.82) is 0 Å². The number of aromatic amines is 1. The summed E-state index contributed by atoms with van der Waals surface area (Å²) in [5.41, 5.74) is 0.723. The van der Waals surface area contributed by atoms with Crippen molar-refractivity contribution in [2.75, 3.05) is 5.32 Å². The first-order valence-electron chi connectivity index (χ1n) is 6.22. The number of amides is 1. The number of aromatic nitrogens is 2. The van der Waals surface area contributed by atoms with Crippen LogP contribution in [0.5, 0.6) is 5.88 Å². The molecule has 104 valence electrons. The van der Waals surface area contributed by atoms with Gasteiger partial charge in [0.1, 0.15) is 0 Å². The number of aromatic hydroxyl groups is 1. The highest BCUT2D eigenvalue weighted by Gasteiger charge is 2.10. The number of H-pyrrole nitrogens is 1. The number of para-hydroxylation sites is 1. The number of carbonyl (C=O) groups excluding carboxylic acids is 1. The van der Waals surface area contributed by atoms with E-state index in [1.54, 1.807) is 18.3 Å². The van der Waals surface area contributed by atoms with Gasteiger partial charge in [-0.3, -0.25) is 19.6 Å². The molecule has 3 N–H and O–H groups in total. The van der Waals surface area contributed by atoms with E-state index >= 15 is 0 Å². The summed E-state index contributed by atoms with van der Waals surface area (Å²) in [6.07, 6.45) is 1.64. The zero-order chi connectivity index (χ0) is 14.8. The van der Waals surface area contributed by atoms with Crippen molar-refractivity contribution in [1.82, 2.24) is 9.97 Å². The molecule has 0 unspecified atom stereocenters. The SMILES string of the molecule is O=C(Nc1cccc2cccnc12)c1cc(O)[nH]c(=O)c1. The molecule has 3 rings (SSSR count). The molecule has 0 aliphatic carbocycles. The second kappa shape index (κ2) is 5.09. The van der Waals surface area contributed by atoms with Gasteiger partial charge in [-0.15, -0.1) is 0 Å². The predicted octanol–water partition coefficient (Wildman–Crippen LogP) is 1.88. The zero-order valence-corrected chi connectivity index (χ0v) is 10.8. The average molecular weight is 281 g/mol. The van der Waals surface area contributed by atoms with Crippen LogP contribution < -0.4 is 10.9 Å². The van der Waals surface area contributed by atoms with Gasteiger partial charge < -0.3 is 10.4 Å². The third-order valence-corrected chi connectivity index (χ3v) is 2.97. The molecule has 0 saturated heterocycles. The van der Waals surface area contributed by atoms with E-state index in [1.165, 1.54) is 6.07 Å². The number of nitrogens with zero attached hydrogens (tertiary/aromatic N) is 1. The lowest BCUT2D eigenvalue weighted by atomic mass is 10.2. The second-order valence-corrected chi connectivity index (χ2v) is 4.45. The molecule has 2 aromatic heterocycles. The summed E-state index contributed by atoms with van der Waals surface area (Å²) in [6, 6.07) is 11.4. The molecule has 3 aromatic rings. The molecule has 0 radical (unpaired) electrons. The van der Waals surface area contributed by atoms with Gasteiger partial charge in [-0.05, 0) is 12.1 Å². The highest BCUT2D eigenvalue weighted by molar-refractivity contribution is 6.08. The molecule has 0 bridgehead atoms. The van der Waals surface area contributed by atoms with Crippen molar-refractivity contribution in [3.63, 3.8) is 0 Å². The third kappa shape index (κ3) is 2.59. The zero-order valence-electron chi connectivity index (χ0n) is 10.8. The van der Waals surface area contributed by atoms with Crippen LogP contribution in [0.3, 0.4) is 0 Å². The van der Waals surface area contributed by atoms with Crippen molar-refractivity contribution in [2.45, 2.75) is 0 Å². The Morgan fingerprint density at radius 1 is 1.19 bits per heavy atom. The third-order valence-electron chi connectivity index (χ3n) is 2.97. The van der Waals surface area contributed by atoms with Gasteiger partial charge in [-0.2, -0.15) is 0 Å². The van der Waals surface area contributed by atoms with Gasteiger partial charge in [0.2, 0.25) is 0 Å². The van der Waals surface area contributed by atoms with Gasteiger partial charge in [0.25, 0.3) is 11.5 Å². The first-order valence-corrected chi connectivity index (χ1v) is 6.22. The Labute approximate surface area is 119 Å². The van der Waals surface area contributed by atoms with E-state index in [1.807, 2.05) is 18.2 Å². The molecule has 1 amide bonds. The predicted molar refractivity (Wildman–Crippen MR) is 78.4 cm³/mol. The van der Waals surface area contributed by atoms with E-state index in [4.69, 9.17) is 0 Å². The molecule has 0 fully saturated rings. The molecule has 2 heterocycles. The molecule has 0 atom stereocenters. The van der Waals surface area contributed by atoms with E-state index in [-0.39, 0.29) is 11.4 Å². The number of nitrogens with one attached hydrogen (secondary N) is 2. The summed E-state index contributed by atoms with van der Waals surface area (Å²) in [5.74, 6) is -0.849. The first-order chi connectivity index (χ1) is 10.1. The molecule has 6 heteroatoms. The van der Waals surface area contributed by atoms with Crippen molar-refractivity contribution in [2.24, 2.45) is 0 Å². The van der Waals surface area contributed by atoms with Crippen molar-refractivity contribution < 1.29 is 9.90 Å². The maximum Gasteiger partial charge on any atom is 0.256 e. The number of anilines is 1. The Hall–Kier alpha value is -3.15. The highest BCUT2D eigenvalue weighted by Crippen LogP contribution is 2.21. The Balaban J connectivity index is 1.98. The minimum Gasteiger partial charge on any atom is -0.494 e. The normalized spacial score (nSPS) is 10.5. The number of hydrogen-bond acceptors (Lipinski definition) is 4. The lowest BCUT2D eigenvalue weighted by molar-refractivity contribution is 0.102. The highest BCUT2D eigenvalue weighted by atomic mass is 16.3. The lowest BCUT2D eigenvalue weighted by Gasteiger charge is -2.08. The second-order valence-electron chi connectivity index (χ2n) is 4.45. The van der Waals surface area contributed by atoms with Gasteiger partial charge in [0.05, 0.1) is 16.8 Å². The van der Waals surface area contributed by atoms with Crippen LogP contribution in [-0.4, -0.2) is 21.0 Å². The van der Waals surface area contributed by atoms with Crippen LogP contribution in [0.15, 0.2) is 53.5 Å². The van der Waals surface area contributed by atoms with Gasteiger partial charge >= 0.3 is 0 Å². The maximum atomic E-state index is 12.2. The van der Waals surface area contributed by atoms with E-state index in [9.17, 15) is 14.7 Å². The summed E-state index contributed by atoms with van der Waals surface area (Å²) in [4.78, 5) is 29.8. The number of carbonyl (C=O) groups is 1. The minimum absolute atomic E-state index is 0.0733. The van der Waals surface area contributed by atoms with Crippen molar-refractivity contribution in [3.8, 4) is 5.88 Å². The largest absolute Gasteiger partial charge is 0.494 e. The summed E-state index contributed by atoms with van der Waals surface area (Å²) in [5, 5.41) is 12.9. The van der Waals surface area contributed by atoms with Gasteiger partial charge in [0.15, 0.2) is 5.88 Å². The Morgan fingerprint density at radius 3 is 2.81 bits per heavy atom. The van der Waals surface area contributed by atoms with Crippen LogP contribution in [0.25, 0.3) is 10.9 Å². The maximum absolute atomic E-state index is 12.2. The van der Waals surface area contributed by atoms with Crippen LogP contribution in [0.4, 0.5) is 5.69 Å². The first kappa shape index (κ1) is 12.9. The van der Waals surface area contributed by atoms with Crippen LogP contribution in [-0.2, 0) is 0 Å². The minimum atomic E-state index is -0.545. The van der Waals surface area contributed by atoms with Crippen LogP contribution >= 0.6 is 0 Å². The van der Waals surface area contributed by atoms with Crippen LogP contribution in [0.1, 0.15) is 10.4 Å². The Kier molecular flexibility index (Phi) is 3.12. The topological polar surface area (TPSA) is 95.1 Å². The lowest BCUT2D eigenvalue weighted by Crippen LogP contribution is -2.16.